The number of allylic oxidation sites excluding steroid dienone is 3. The monoisotopic (exact) mass is 494 g/mol. The van der Waals surface area contributed by atoms with Gasteiger partial charge in [0.1, 0.15) is 5.69 Å². The number of carbonyl (C=O) groups is 1. The van der Waals surface area contributed by atoms with Crippen LogP contribution in [0.4, 0.5) is 13.2 Å². The van der Waals surface area contributed by atoms with E-state index in [-0.39, 0.29) is 39.7 Å². The third kappa shape index (κ3) is 6.60. The molecule has 1 rings (SSSR count). The van der Waals surface area contributed by atoms with Gasteiger partial charge in [-0.15, -0.1) is 0 Å². The highest BCUT2D eigenvalue weighted by Gasteiger charge is 2.30. The molecule has 1 heterocycles. The van der Waals surface area contributed by atoms with E-state index in [4.69, 9.17) is 0 Å². The molecule has 0 aliphatic heterocycles. The summed E-state index contributed by atoms with van der Waals surface area (Å²) < 4.78 is 64.4. The molecule has 29 heavy (non-hydrogen) atoms. The summed E-state index contributed by atoms with van der Waals surface area (Å²) in [6.07, 6.45) is -2.24. The molecule has 160 valence electrons. The standard InChI is InChI=1S/C19H22BrF3N2O3S/c1-6-15(18-17(29(27,28)7-2)9-14(20)10-24-18)25-16(12(4)13(5)26)8-11(3)19(21,22)23/h8-10H,6-7H2,1-5H3/b11-8+,16-12+,25-15?. The fourth-order valence-electron chi connectivity index (χ4n) is 2.17. The van der Waals surface area contributed by atoms with Gasteiger partial charge in [-0.3, -0.25) is 14.8 Å². The van der Waals surface area contributed by atoms with Crippen molar-refractivity contribution in [3.63, 3.8) is 0 Å². The third-order valence-electron chi connectivity index (χ3n) is 4.11. The number of Topliss-reactive ketones (excluding diaryl/α,β-unsaturated/α-hetero) is 1. The van der Waals surface area contributed by atoms with Crippen LogP contribution in [0.5, 0.6) is 0 Å². The van der Waals surface area contributed by atoms with Crippen LogP contribution in [0.1, 0.15) is 46.7 Å². The van der Waals surface area contributed by atoms with Crippen molar-refractivity contribution in [2.24, 2.45) is 4.99 Å². The number of pyridine rings is 1. The van der Waals surface area contributed by atoms with Gasteiger partial charge in [-0.05, 0) is 55.3 Å². The Morgan fingerprint density at radius 2 is 1.83 bits per heavy atom. The number of ketones is 1. The number of hydrogen-bond acceptors (Lipinski definition) is 5. The lowest BCUT2D eigenvalue weighted by Crippen LogP contribution is -2.14. The SMILES string of the molecule is CCC(=NC(/C=C(\C)C(F)(F)F)=C(\C)C(C)=O)c1ncc(Br)cc1S(=O)(=O)CC. The van der Waals surface area contributed by atoms with E-state index < -0.39 is 27.4 Å². The number of halogens is 4. The quantitative estimate of drug-likeness (QED) is 0.296. The van der Waals surface area contributed by atoms with E-state index in [2.05, 4.69) is 25.9 Å². The zero-order chi connectivity index (χ0) is 22.6. The second-order valence-electron chi connectivity index (χ2n) is 6.21. The highest BCUT2D eigenvalue weighted by atomic mass is 79.9. The highest BCUT2D eigenvalue weighted by Crippen LogP contribution is 2.28. The van der Waals surface area contributed by atoms with Gasteiger partial charge in [-0.1, -0.05) is 13.8 Å². The van der Waals surface area contributed by atoms with Gasteiger partial charge in [0.15, 0.2) is 15.6 Å². The van der Waals surface area contributed by atoms with Crippen LogP contribution in [0.3, 0.4) is 0 Å². The van der Waals surface area contributed by atoms with Gasteiger partial charge in [0.25, 0.3) is 0 Å². The molecule has 0 amide bonds. The van der Waals surface area contributed by atoms with Crippen LogP contribution in [0.2, 0.25) is 0 Å². The van der Waals surface area contributed by atoms with Gasteiger partial charge in [0.2, 0.25) is 0 Å². The minimum atomic E-state index is -4.59. The summed E-state index contributed by atoms with van der Waals surface area (Å²) in [5, 5.41) is 0. The number of sulfone groups is 1. The predicted octanol–water partition coefficient (Wildman–Crippen LogP) is 5.21. The molecule has 0 fully saturated rings. The van der Waals surface area contributed by atoms with Gasteiger partial charge in [-0.25, -0.2) is 8.42 Å². The van der Waals surface area contributed by atoms with Crippen molar-refractivity contribution in [2.45, 2.75) is 52.1 Å². The second-order valence-corrected chi connectivity index (χ2v) is 9.37. The molecule has 0 atom stereocenters. The van der Waals surface area contributed by atoms with Crippen LogP contribution in [0, 0.1) is 0 Å². The fraction of sp³-hybridized carbons (Fsp3) is 0.421. The topological polar surface area (TPSA) is 76.5 Å². The Labute approximate surface area is 176 Å². The summed E-state index contributed by atoms with van der Waals surface area (Å²) in [5.41, 5.74) is -0.890. The molecule has 0 unspecified atom stereocenters. The molecular formula is C19H22BrF3N2O3S. The molecule has 1 aromatic rings. The second kappa shape index (κ2) is 9.80. The number of rotatable bonds is 7. The first-order valence-electron chi connectivity index (χ1n) is 8.68. The van der Waals surface area contributed by atoms with Crippen LogP contribution in [-0.2, 0) is 14.6 Å². The van der Waals surface area contributed by atoms with Crippen molar-refractivity contribution in [1.82, 2.24) is 4.98 Å². The molecule has 0 saturated heterocycles. The summed E-state index contributed by atoms with van der Waals surface area (Å²) in [6, 6.07) is 1.38. The van der Waals surface area contributed by atoms with Gasteiger partial charge in [-0.2, -0.15) is 13.2 Å². The van der Waals surface area contributed by atoms with Crippen LogP contribution in [0.15, 0.2) is 49.5 Å². The van der Waals surface area contributed by atoms with Gasteiger partial charge < -0.3 is 0 Å². The Bertz CT molecular complexity index is 994. The largest absolute Gasteiger partial charge is 0.412 e. The smallest absolute Gasteiger partial charge is 0.295 e. The Morgan fingerprint density at radius 3 is 2.28 bits per heavy atom. The number of carbonyl (C=O) groups excluding carboxylic acids is 1. The molecule has 0 spiro atoms. The number of nitrogens with zero attached hydrogens (tertiary/aromatic N) is 2. The van der Waals surface area contributed by atoms with E-state index in [0.717, 1.165) is 13.0 Å². The first-order chi connectivity index (χ1) is 13.2. The van der Waals surface area contributed by atoms with Crippen molar-refractivity contribution >= 4 is 37.3 Å². The average Bonchev–Trinajstić information content (AvgIpc) is 2.63. The highest BCUT2D eigenvalue weighted by molar-refractivity contribution is 9.10. The van der Waals surface area contributed by atoms with E-state index in [1.54, 1.807) is 6.92 Å². The van der Waals surface area contributed by atoms with Crippen molar-refractivity contribution in [3.05, 3.63) is 45.3 Å². The number of alkyl halides is 3. The van der Waals surface area contributed by atoms with E-state index in [9.17, 15) is 26.4 Å². The molecule has 10 heteroatoms. The molecule has 0 aliphatic rings. The Hall–Kier alpha value is -1.81. The molecule has 0 N–H and O–H groups in total. The van der Waals surface area contributed by atoms with Crippen molar-refractivity contribution < 1.29 is 26.4 Å². The summed E-state index contributed by atoms with van der Waals surface area (Å²) >= 11 is 3.18. The molecule has 0 bridgehead atoms. The van der Waals surface area contributed by atoms with E-state index in [0.29, 0.717) is 4.47 Å². The van der Waals surface area contributed by atoms with E-state index in [1.165, 1.54) is 33.0 Å². The van der Waals surface area contributed by atoms with Crippen molar-refractivity contribution in [3.8, 4) is 0 Å². The molecule has 0 saturated carbocycles. The Balaban J connectivity index is 3.83. The van der Waals surface area contributed by atoms with Crippen LogP contribution in [0.25, 0.3) is 0 Å². The molecule has 0 radical (unpaired) electrons. The average molecular weight is 495 g/mol. The molecule has 1 aromatic heterocycles. The maximum atomic E-state index is 13.0. The van der Waals surface area contributed by atoms with E-state index in [1.807, 2.05) is 0 Å². The molecule has 0 aromatic carbocycles. The normalized spacial score (nSPS) is 14.7. The number of aliphatic imine (C=N–C) groups is 1. The molecule has 5 nitrogen and oxygen atoms in total. The van der Waals surface area contributed by atoms with Crippen molar-refractivity contribution in [1.29, 1.82) is 0 Å². The lowest BCUT2D eigenvalue weighted by molar-refractivity contribution is -0.113. The summed E-state index contributed by atoms with van der Waals surface area (Å²) in [7, 11) is -3.68. The minimum Gasteiger partial charge on any atom is -0.295 e. The van der Waals surface area contributed by atoms with E-state index >= 15 is 0 Å². The maximum Gasteiger partial charge on any atom is 0.412 e. The van der Waals surface area contributed by atoms with Crippen LogP contribution >= 0.6 is 15.9 Å². The third-order valence-corrected chi connectivity index (χ3v) is 6.29. The summed E-state index contributed by atoms with van der Waals surface area (Å²) in [5.74, 6) is -0.632. The summed E-state index contributed by atoms with van der Waals surface area (Å²) in [6.45, 7) is 6.61. The fourth-order valence-corrected chi connectivity index (χ4v) is 3.73. The first-order valence-corrected chi connectivity index (χ1v) is 11.1. The number of hydrogen-bond donors (Lipinski definition) is 0. The Kier molecular flexibility index (Phi) is 8.52. The lowest BCUT2D eigenvalue weighted by atomic mass is 10.1. The van der Waals surface area contributed by atoms with Gasteiger partial charge >= 0.3 is 6.18 Å². The van der Waals surface area contributed by atoms with Crippen molar-refractivity contribution in [2.75, 3.05) is 5.75 Å². The van der Waals surface area contributed by atoms with Gasteiger partial charge in [0.05, 0.1) is 22.1 Å². The van der Waals surface area contributed by atoms with Crippen LogP contribution in [-0.4, -0.2) is 36.8 Å². The number of aromatic nitrogens is 1. The Morgan fingerprint density at radius 1 is 1.24 bits per heavy atom. The summed E-state index contributed by atoms with van der Waals surface area (Å²) in [4.78, 5) is 20.1. The lowest BCUT2D eigenvalue weighted by Gasteiger charge is -2.13. The van der Waals surface area contributed by atoms with Gasteiger partial charge in [0, 0.05) is 21.8 Å². The van der Waals surface area contributed by atoms with Crippen LogP contribution < -0.4 is 0 Å². The predicted molar refractivity (Wildman–Crippen MR) is 110 cm³/mol. The first kappa shape index (κ1) is 25.2. The molecular weight excluding hydrogens is 473 g/mol. The minimum absolute atomic E-state index is 0.0246. The zero-order valence-electron chi connectivity index (χ0n) is 16.7. The molecule has 0 aliphatic carbocycles. The maximum absolute atomic E-state index is 13.0. The zero-order valence-corrected chi connectivity index (χ0v) is 19.1.